The standard InChI is InChI=1S/C8H10O3/c9-8(10)5-4-7-3-1-2-6-11-7/h2,4-7H,1,3H2,(H,9,10)/b5-4+. The molecule has 3 heteroatoms. The molecule has 1 aliphatic rings. The van der Waals surface area contributed by atoms with Crippen molar-refractivity contribution in [1.29, 1.82) is 0 Å². The molecule has 0 fully saturated rings. The van der Waals surface area contributed by atoms with Gasteiger partial charge in [-0.2, -0.15) is 0 Å². The van der Waals surface area contributed by atoms with Gasteiger partial charge in [0.15, 0.2) is 0 Å². The van der Waals surface area contributed by atoms with Crippen LogP contribution in [0.4, 0.5) is 0 Å². The van der Waals surface area contributed by atoms with Crippen molar-refractivity contribution < 1.29 is 14.6 Å². The van der Waals surface area contributed by atoms with Gasteiger partial charge >= 0.3 is 5.97 Å². The molecule has 0 aromatic rings. The highest BCUT2D eigenvalue weighted by Gasteiger charge is 2.06. The molecular formula is C8H10O3. The normalized spacial score (nSPS) is 23.5. The molecule has 0 spiro atoms. The molecule has 11 heavy (non-hydrogen) atoms. The molecule has 0 aromatic heterocycles. The first kappa shape index (κ1) is 7.85. The monoisotopic (exact) mass is 154 g/mol. The summed E-state index contributed by atoms with van der Waals surface area (Å²) in [6.07, 6.45) is 7.96. The van der Waals surface area contributed by atoms with E-state index in [2.05, 4.69) is 0 Å². The van der Waals surface area contributed by atoms with Crippen molar-refractivity contribution >= 4 is 5.97 Å². The lowest BCUT2D eigenvalue weighted by Gasteiger charge is -2.14. The first-order valence-electron chi connectivity index (χ1n) is 3.50. The topological polar surface area (TPSA) is 46.5 Å². The second-order valence-corrected chi connectivity index (χ2v) is 2.32. The van der Waals surface area contributed by atoms with E-state index >= 15 is 0 Å². The Labute approximate surface area is 65.0 Å². The van der Waals surface area contributed by atoms with E-state index in [1.165, 1.54) is 0 Å². The Bertz CT molecular complexity index is 194. The number of carboxylic acid groups (broad SMARTS) is 1. The molecule has 60 valence electrons. The van der Waals surface area contributed by atoms with Crippen LogP contribution in [0, 0.1) is 0 Å². The Morgan fingerprint density at radius 1 is 1.73 bits per heavy atom. The fourth-order valence-electron chi connectivity index (χ4n) is 0.884. The summed E-state index contributed by atoms with van der Waals surface area (Å²) in [5.41, 5.74) is 0. The van der Waals surface area contributed by atoms with Crippen LogP contribution in [0.5, 0.6) is 0 Å². The minimum Gasteiger partial charge on any atom is -0.494 e. The lowest BCUT2D eigenvalue weighted by Crippen LogP contribution is -2.09. The van der Waals surface area contributed by atoms with Gasteiger partial charge in [-0.05, 0) is 25.0 Å². The maximum Gasteiger partial charge on any atom is 0.328 e. The van der Waals surface area contributed by atoms with E-state index in [0.717, 1.165) is 18.9 Å². The van der Waals surface area contributed by atoms with Crippen LogP contribution >= 0.6 is 0 Å². The van der Waals surface area contributed by atoms with Crippen LogP contribution < -0.4 is 0 Å². The third-order valence-corrected chi connectivity index (χ3v) is 1.42. The molecular weight excluding hydrogens is 144 g/mol. The molecule has 0 amide bonds. The van der Waals surface area contributed by atoms with E-state index in [4.69, 9.17) is 9.84 Å². The number of aliphatic carboxylic acids is 1. The Morgan fingerprint density at radius 3 is 3.09 bits per heavy atom. The van der Waals surface area contributed by atoms with Gasteiger partial charge < -0.3 is 9.84 Å². The van der Waals surface area contributed by atoms with Gasteiger partial charge in [0.2, 0.25) is 0 Å². The Morgan fingerprint density at radius 2 is 2.55 bits per heavy atom. The lowest BCUT2D eigenvalue weighted by molar-refractivity contribution is -0.131. The summed E-state index contributed by atoms with van der Waals surface area (Å²) < 4.78 is 5.10. The summed E-state index contributed by atoms with van der Waals surface area (Å²) in [6.45, 7) is 0. The van der Waals surface area contributed by atoms with Gasteiger partial charge in [0.05, 0.1) is 6.26 Å². The fourth-order valence-corrected chi connectivity index (χ4v) is 0.884. The van der Waals surface area contributed by atoms with E-state index in [1.54, 1.807) is 12.3 Å². The van der Waals surface area contributed by atoms with Gasteiger partial charge in [-0.3, -0.25) is 0 Å². The predicted molar refractivity (Wildman–Crippen MR) is 40.0 cm³/mol. The highest BCUT2D eigenvalue weighted by atomic mass is 16.5. The van der Waals surface area contributed by atoms with Crippen LogP contribution in [0.2, 0.25) is 0 Å². The molecule has 1 N–H and O–H groups in total. The van der Waals surface area contributed by atoms with E-state index < -0.39 is 5.97 Å². The zero-order valence-electron chi connectivity index (χ0n) is 6.06. The second-order valence-electron chi connectivity index (χ2n) is 2.32. The van der Waals surface area contributed by atoms with Crippen molar-refractivity contribution in [3.05, 3.63) is 24.5 Å². The molecule has 0 aliphatic carbocycles. The summed E-state index contributed by atoms with van der Waals surface area (Å²) in [7, 11) is 0. The zero-order chi connectivity index (χ0) is 8.10. The highest BCUT2D eigenvalue weighted by molar-refractivity contribution is 5.79. The molecule has 1 unspecified atom stereocenters. The quantitative estimate of drug-likeness (QED) is 0.610. The van der Waals surface area contributed by atoms with E-state index in [0.29, 0.717) is 0 Å². The molecule has 0 saturated carbocycles. The minimum atomic E-state index is -0.928. The Kier molecular flexibility index (Phi) is 2.72. The number of carboxylic acids is 1. The highest BCUT2D eigenvalue weighted by Crippen LogP contribution is 2.10. The van der Waals surface area contributed by atoms with Gasteiger partial charge in [-0.15, -0.1) is 0 Å². The lowest BCUT2D eigenvalue weighted by atomic mass is 10.1. The van der Waals surface area contributed by atoms with Crippen molar-refractivity contribution in [1.82, 2.24) is 0 Å². The van der Waals surface area contributed by atoms with Crippen LogP contribution in [0.1, 0.15) is 12.8 Å². The van der Waals surface area contributed by atoms with Gasteiger partial charge in [0.25, 0.3) is 0 Å². The predicted octanol–water partition coefficient (Wildman–Crippen LogP) is 1.32. The van der Waals surface area contributed by atoms with Crippen LogP contribution in [0.15, 0.2) is 24.5 Å². The smallest absolute Gasteiger partial charge is 0.328 e. The van der Waals surface area contributed by atoms with Crippen LogP contribution in [-0.4, -0.2) is 17.2 Å². The van der Waals surface area contributed by atoms with Crippen LogP contribution in [-0.2, 0) is 9.53 Å². The first-order valence-corrected chi connectivity index (χ1v) is 3.50. The molecule has 1 heterocycles. The summed E-state index contributed by atoms with van der Waals surface area (Å²) in [6, 6.07) is 0. The molecule has 0 radical (unpaired) electrons. The van der Waals surface area contributed by atoms with E-state index in [1.807, 2.05) is 6.08 Å². The summed E-state index contributed by atoms with van der Waals surface area (Å²) >= 11 is 0. The third-order valence-electron chi connectivity index (χ3n) is 1.42. The number of hydrogen-bond donors (Lipinski definition) is 1. The minimum absolute atomic E-state index is 0.0592. The van der Waals surface area contributed by atoms with Crippen LogP contribution in [0.3, 0.4) is 0 Å². The Balaban J connectivity index is 2.37. The number of allylic oxidation sites excluding steroid dienone is 1. The largest absolute Gasteiger partial charge is 0.494 e. The Hall–Kier alpha value is -1.25. The maximum atomic E-state index is 10.1. The summed E-state index contributed by atoms with van der Waals surface area (Å²) in [4.78, 5) is 10.1. The molecule has 0 saturated heterocycles. The molecule has 1 aliphatic heterocycles. The van der Waals surface area contributed by atoms with Crippen molar-refractivity contribution in [2.75, 3.05) is 0 Å². The second kappa shape index (κ2) is 3.81. The van der Waals surface area contributed by atoms with E-state index in [9.17, 15) is 4.79 Å². The zero-order valence-corrected chi connectivity index (χ0v) is 6.06. The number of hydrogen-bond acceptors (Lipinski definition) is 2. The molecule has 1 atom stereocenters. The first-order chi connectivity index (χ1) is 5.29. The van der Waals surface area contributed by atoms with Crippen molar-refractivity contribution in [3.8, 4) is 0 Å². The number of rotatable bonds is 2. The maximum absolute atomic E-state index is 10.1. The van der Waals surface area contributed by atoms with Gasteiger partial charge in [-0.25, -0.2) is 4.79 Å². The van der Waals surface area contributed by atoms with Crippen molar-refractivity contribution in [3.63, 3.8) is 0 Å². The molecule has 0 bridgehead atoms. The van der Waals surface area contributed by atoms with Gasteiger partial charge in [-0.1, -0.05) is 0 Å². The SMILES string of the molecule is O=C(O)/C=C/C1CCC=CO1. The van der Waals surface area contributed by atoms with Crippen molar-refractivity contribution in [2.45, 2.75) is 18.9 Å². The average Bonchev–Trinajstić information content (AvgIpc) is 2.03. The summed E-state index contributed by atoms with van der Waals surface area (Å²) in [5, 5.41) is 8.28. The van der Waals surface area contributed by atoms with Gasteiger partial charge in [0.1, 0.15) is 6.10 Å². The molecule has 1 rings (SSSR count). The van der Waals surface area contributed by atoms with E-state index in [-0.39, 0.29) is 6.10 Å². The molecule has 3 nitrogen and oxygen atoms in total. The number of ether oxygens (including phenoxy) is 1. The average molecular weight is 154 g/mol. The number of carbonyl (C=O) groups is 1. The van der Waals surface area contributed by atoms with Crippen LogP contribution in [0.25, 0.3) is 0 Å². The fraction of sp³-hybridized carbons (Fsp3) is 0.375. The molecule has 0 aromatic carbocycles. The summed E-state index contributed by atoms with van der Waals surface area (Å²) in [5.74, 6) is -0.928. The van der Waals surface area contributed by atoms with Gasteiger partial charge in [0, 0.05) is 6.08 Å². The third kappa shape index (κ3) is 2.89. The van der Waals surface area contributed by atoms with Crippen molar-refractivity contribution in [2.24, 2.45) is 0 Å².